The Morgan fingerprint density at radius 3 is 2.81 bits per heavy atom. The van der Waals surface area contributed by atoms with Gasteiger partial charge in [-0.1, -0.05) is 5.16 Å². The van der Waals surface area contributed by atoms with Crippen LogP contribution >= 0.6 is 11.8 Å². The third-order valence-corrected chi connectivity index (χ3v) is 4.66. The summed E-state index contributed by atoms with van der Waals surface area (Å²) in [5, 5.41) is 7.32. The quantitative estimate of drug-likeness (QED) is 0.797. The summed E-state index contributed by atoms with van der Waals surface area (Å²) in [6.07, 6.45) is 3.36. The van der Waals surface area contributed by atoms with Crippen molar-refractivity contribution in [3.63, 3.8) is 0 Å². The van der Waals surface area contributed by atoms with E-state index in [2.05, 4.69) is 15.5 Å². The van der Waals surface area contributed by atoms with Gasteiger partial charge in [0, 0.05) is 17.4 Å². The highest BCUT2D eigenvalue weighted by atomic mass is 32.2. The minimum absolute atomic E-state index is 0.223. The lowest BCUT2D eigenvalue weighted by Crippen LogP contribution is -2.29. The van der Waals surface area contributed by atoms with Crippen molar-refractivity contribution >= 4 is 11.8 Å². The number of thioether (sulfide) groups is 1. The standard InChI is InChI=1S/C15H18FN3OS/c1-17-13(10-2-3-10)8-15-18-14(19-20-15)9-21-12-6-4-11(16)5-7-12/h4-7,10,13,17H,2-3,8-9H2,1H3. The molecule has 2 aromatic rings. The molecule has 6 heteroatoms. The zero-order valence-electron chi connectivity index (χ0n) is 11.9. The molecule has 1 saturated carbocycles. The lowest BCUT2D eigenvalue weighted by atomic mass is 10.1. The van der Waals surface area contributed by atoms with Gasteiger partial charge in [-0.25, -0.2) is 4.39 Å². The molecule has 4 nitrogen and oxygen atoms in total. The van der Waals surface area contributed by atoms with E-state index in [1.165, 1.54) is 25.0 Å². The van der Waals surface area contributed by atoms with E-state index in [4.69, 9.17) is 4.52 Å². The molecule has 1 unspecified atom stereocenters. The number of halogens is 1. The van der Waals surface area contributed by atoms with E-state index in [1.807, 2.05) is 7.05 Å². The SMILES string of the molecule is CNC(Cc1nc(CSc2ccc(F)cc2)no1)C1CC1. The molecule has 0 radical (unpaired) electrons. The molecule has 1 fully saturated rings. The van der Waals surface area contributed by atoms with Crippen molar-refractivity contribution in [1.82, 2.24) is 15.5 Å². The van der Waals surface area contributed by atoms with E-state index >= 15 is 0 Å². The zero-order chi connectivity index (χ0) is 14.7. The van der Waals surface area contributed by atoms with Gasteiger partial charge in [0.15, 0.2) is 5.82 Å². The molecular formula is C15H18FN3OS. The highest BCUT2D eigenvalue weighted by molar-refractivity contribution is 7.98. The minimum atomic E-state index is -0.223. The second-order valence-corrected chi connectivity index (χ2v) is 6.33. The number of aromatic nitrogens is 2. The second kappa shape index (κ2) is 6.58. The van der Waals surface area contributed by atoms with Crippen LogP contribution in [0.5, 0.6) is 0 Å². The summed E-state index contributed by atoms with van der Waals surface area (Å²) >= 11 is 1.57. The van der Waals surface area contributed by atoms with Crippen LogP contribution in [0.15, 0.2) is 33.7 Å². The van der Waals surface area contributed by atoms with Crippen LogP contribution in [-0.4, -0.2) is 23.2 Å². The van der Waals surface area contributed by atoms with E-state index in [0.29, 0.717) is 23.5 Å². The summed E-state index contributed by atoms with van der Waals surface area (Å²) in [5.41, 5.74) is 0. The van der Waals surface area contributed by atoms with Crippen molar-refractivity contribution in [1.29, 1.82) is 0 Å². The average Bonchev–Trinajstić information content (AvgIpc) is 3.24. The molecule has 1 aliphatic rings. The first-order valence-electron chi connectivity index (χ1n) is 7.11. The molecule has 1 aromatic heterocycles. The highest BCUT2D eigenvalue weighted by Gasteiger charge is 2.31. The summed E-state index contributed by atoms with van der Waals surface area (Å²) < 4.78 is 18.1. The summed E-state index contributed by atoms with van der Waals surface area (Å²) in [5.74, 6) is 2.53. The van der Waals surface area contributed by atoms with Crippen LogP contribution in [0.3, 0.4) is 0 Å². The number of nitrogens with zero attached hydrogens (tertiary/aromatic N) is 2. The van der Waals surface area contributed by atoms with Gasteiger partial charge >= 0.3 is 0 Å². The minimum Gasteiger partial charge on any atom is -0.339 e. The Morgan fingerprint density at radius 2 is 2.14 bits per heavy atom. The maximum absolute atomic E-state index is 12.8. The molecule has 21 heavy (non-hydrogen) atoms. The van der Waals surface area contributed by atoms with Crippen LogP contribution in [0, 0.1) is 11.7 Å². The van der Waals surface area contributed by atoms with Crippen LogP contribution in [-0.2, 0) is 12.2 Å². The molecule has 0 amide bonds. The smallest absolute Gasteiger partial charge is 0.228 e. The molecule has 112 valence electrons. The maximum atomic E-state index is 12.8. The van der Waals surface area contributed by atoms with Gasteiger partial charge in [-0.15, -0.1) is 11.8 Å². The predicted molar refractivity (Wildman–Crippen MR) is 79.5 cm³/mol. The molecule has 1 heterocycles. The normalized spacial score (nSPS) is 16.1. The lowest BCUT2D eigenvalue weighted by molar-refractivity contribution is 0.349. The fraction of sp³-hybridized carbons (Fsp3) is 0.467. The van der Waals surface area contributed by atoms with Crippen LogP contribution in [0.1, 0.15) is 24.6 Å². The molecular weight excluding hydrogens is 289 g/mol. The first kappa shape index (κ1) is 14.5. The van der Waals surface area contributed by atoms with Gasteiger partial charge in [0.1, 0.15) is 5.82 Å². The Bertz CT molecular complexity index is 583. The Labute approximate surface area is 127 Å². The summed E-state index contributed by atoms with van der Waals surface area (Å²) in [4.78, 5) is 5.42. The first-order valence-corrected chi connectivity index (χ1v) is 8.10. The van der Waals surface area contributed by atoms with Crippen molar-refractivity contribution in [3.05, 3.63) is 41.8 Å². The summed E-state index contributed by atoms with van der Waals surface area (Å²) in [6, 6.07) is 6.85. The summed E-state index contributed by atoms with van der Waals surface area (Å²) in [6.45, 7) is 0. The van der Waals surface area contributed by atoms with E-state index in [0.717, 1.165) is 17.2 Å². The average molecular weight is 307 g/mol. The third kappa shape index (κ3) is 4.04. The highest BCUT2D eigenvalue weighted by Crippen LogP contribution is 2.33. The fourth-order valence-corrected chi connectivity index (χ4v) is 3.04. The molecule has 0 spiro atoms. The van der Waals surface area contributed by atoms with Crippen LogP contribution in [0.4, 0.5) is 4.39 Å². The Kier molecular flexibility index (Phi) is 4.55. The van der Waals surface area contributed by atoms with Crippen molar-refractivity contribution in [2.24, 2.45) is 5.92 Å². The topological polar surface area (TPSA) is 51.0 Å². The van der Waals surface area contributed by atoms with Gasteiger partial charge in [0.05, 0.1) is 5.75 Å². The Balaban J connectivity index is 1.53. The number of rotatable bonds is 7. The predicted octanol–water partition coefficient (Wildman–Crippen LogP) is 3.04. The van der Waals surface area contributed by atoms with Gasteiger partial charge in [-0.2, -0.15) is 4.98 Å². The molecule has 1 aromatic carbocycles. The fourth-order valence-electron chi connectivity index (χ4n) is 2.30. The monoisotopic (exact) mass is 307 g/mol. The largest absolute Gasteiger partial charge is 0.339 e. The number of hydrogen-bond acceptors (Lipinski definition) is 5. The lowest BCUT2D eigenvalue weighted by Gasteiger charge is -2.11. The summed E-state index contributed by atoms with van der Waals surface area (Å²) in [7, 11) is 1.98. The molecule has 1 atom stereocenters. The molecule has 0 aliphatic heterocycles. The third-order valence-electron chi connectivity index (χ3n) is 3.65. The van der Waals surface area contributed by atoms with Crippen LogP contribution in [0.2, 0.25) is 0 Å². The number of hydrogen-bond donors (Lipinski definition) is 1. The second-order valence-electron chi connectivity index (χ2n) is 5.28. The van der Waals surface area contributed by atoms with E-state index in [-0.39, 0.29) is 5.82 Å². The van der Waals surface area contributed by atoms with Gasteiger partial charge < -0.3 is 9.84 Å². The van der Waals surface area contributed by atoms with Crippen molar-refractivity contribution in [2.45, 2.75) is 36.0 Å². The van der Waals surface area contributed by atoms with E-state index < -0.39 is 0 Å². The van der Waals surface area contributed by atoms with Gasteiger partial charge in [0.2, 0.25) is 5.89 Å². The van der Waals surface area contributed by atoms with E-state index in [1.54, 1.807) is 23.9 Å². The van der Waals surface area contributed by atoms with Gasteiger partial charge in [-0.3, -0.25) is 0 Å². The molecule has 3 rings (SSSR count). The zero-order valence-corrected chi connectivity index (χ0v) is 12.7. The Hall–Kier alpha value is -1.40. The molecule has 0 bridgehead atoms. The van der Waals surface area contributed by atoms with Gasteiger partial charge in [0.25, 0.3) is 0 Å². The van der Waals surface area contributed by atoms with Crippen molar-refractivity contribution < 1.29 is 8.91 Å². The van der Waals surface area contributed by atoms with Crippen molar-refractivity contribution in [2.75, 3.05) is 7.05 Å². The van der Waals surface area contributed by atoms with E-state index in [9.17, 15) is 4.39 Å². The molecule has 1 N–H and O–H groups in total. The maximum Gasteiger partial charge on any atom is 0.228 e. The molecule has 0 saturated heterocycles. The molecule has 1 aliphatic carbocycles. The number of likely N-dealkylation sites (N-methyl/N-ethyl adjacent to an activating group) is 1. The first-order chi connectivity index (χ1) is 10.2. The van der Waals surface area contributed by atoms with Crippen LogP contribution < -0.4 is 5.32 Å². The van der Waals surface area contributed by atoms with Crippen molar-refractivity contribution in [3.8, 4) is 0 Å². The number of nitrogens with one attached hydrogen (secondary N) is 1. The Morgan fingerprint density at radius 1 is 1.38 bits per heavy atom. The van der Waals surface area contributed by atoms with Crippen LogP contribution in [0.25, 0.3) is 0 Å². The van der Waals surface area contributed by atoms with Gasteiger partial charge in [-0.05, 0) is 50.1 Å². The number of benzene rings is 1.